The Morgan fingerprint density at radius 1 is 1.11 bits per heavy atom. The van der Waals surface area contributed by atoms with Gasteiger partial charge in [-0.05, 0) is 60.7 Å². The van der Waals surface area contributed by atoms with Gasteiger partial charge in [-0.3, -0.25) is 4.79 Å². The molecular weight excluding hydrogens is 367 g/mol. The van der Waals surface area contributed by atoms with Crippen LogP contribution in [0.1, 0.15) is 36.9 Å². The number of anilines is 1. The van der Waals surface area contributed by atoms with Crippen molar-refractivity contribution in [3.63, 3.8) is 0 Å². The lowest BCUT2D eigenvalue weighted by atomic mass is 10.1. The number of hydrogen-bond donors (Lipinski definition) is 0. The fourth-order valence-corrected chi connectivity index (χ4v) is 5.78. The second-order valence-corrected chi connectivity index (χ2v) is 8.93. The third kappa shape index (κ3) is 3.15. The molecule has 2 aliphatic rings. The first-order valence-corrected chi connectivity index (χ1v) is 10.5. The standard InChI is InChI=1S/C20H21FN2O3S/c1-14(24)22-12-10-16-13-18(8-9-19(16)22)27(25,26)23-11-2-3-20(23)15-4-6-17(21)7-5-15/h4-9,13,20H,2-3,10-12H2,1H3. The summed E-state index contributed by atoms with van der Waals surface area (Å²) in [5.41, 5.74) is 2.48. The van der Waals surface area contributed by atoms with Crippen LogP contribution in [0.5, 0.6) is 0 Å². The Bertz CT molecular complexity index is 989. The third-order valence-electron chi connectivity index (χ3n) is 5.39. The minimum atomic E-state index is -3.67. The smallest absolute Gasteiger partial charge is 0.243 e. The maximum absolute atomic E-state index is 13.3. The SMILES string of the molecule is CC(=O)N1CCc2cc(S(=O)(=O)N3CCCC3c3ccc(F)cc3)ccc21. The van der Waals surface area contributed by atoms with Gasteiger partial charge in [0.1, 0.15) is 5.82 Å². The van der Waals surface area contributed by atoms with Gasteiger partial charge in [0.2, 0.25) is 15.9 Å². The van der Waals surface area contributed by atoms with Crippen LogP contribution >= 0.6 is 0 Å². The predicted octanol–water partition coefficient (Wildman–Crippen LogP) is 3.26. The largest absolute Gasteiger partial charge is 0.312 e. The highest BCUT2D eigenvalue weighted by Gasteiger charge is 2.37. The second kappa shape index (κ2) is 6.73. The van der Waals surface area contributed by atoms with Crippen molar-refractivity contribution in [1.82, 2.24) is 4.31 Å². The van der Waals surface area contributed by atoms with Gasteiger partial charge >= 0.3 is 0 Å². The summed E-state index contributed by atoms with van der Waals surface area (Å²) < 4.78 is 41.3. The molecule has 0 aliphatic carbocycles. The number of fused-ring (bicyclic) bond motifs is 1. The van der Waals surface area contributed by atoms with E-state index in [1.54, 1.807) is 35.2 Å². The van der Waals surface area contributed by atoms with E-state index in [1.165, 1.54) is 23.4 Å². The van der Waals surface area contributed by atoms with E-state index in [-0.39, 0.29) is 22.7 Å². The van der Waals surface area contributed by atoms with E-state index in [1.807, 2.05) is 0 Å². The first kappa shape index (κ1) is 18.1. The number of halogens is 1. The maximum atomic E-state index is 13.3. The molecule has 0 N–H and O–H groups in total. The number of sulfonamides is 1. The Hall–Kier alpha value is -2.25. The summed E-state index contributed by atoms with van der Waals surface area (Å²) in [4.78, 5) is 13.6. The highest BCUT2D eigenvalue weighted by Crippen LogP contribution is 2.38. The fraction of sp³-hybridized carbons (Fsp3) is 0.350. The van der Waals surface area contributed by atoms with Crippen LogP contribution in [-0.4, -0.2) is 31.7 Å². The molecule has 0 spiro atoms. The number of hydrogen-bond acceptors (Lipinski definition) is 3. The van der Waals surface area contributed by atoms with Gasteiger partial charge in [-0.2, -0.15) is 4.31 Å². The molecule has 0 saturated carbocycles. The molecular formula is C20H21FN2O3S. The van der Waals surface area contributed by atoms with Crippen LogP contribution in [0, 0.1) is 5.82 Å². The van der Waals surface area contributed by atoms with Crippen LogP contribution in [0.3, 0.4) is 0 Å². The highest BCUT2D eigenvalue weighted by atomic mass is 32.2. The van der Waals surface area contributed by atoms with Crippen LogP contribution in [0.4, 0.5) is 10.1 Å². The molecule has 4 rings (SSSR count). The second-order valence-electron chi connectivity index (χ2n) is 7.04. The monoisotopic (exact) mass is 388 g/mol. The van der Waals surface area contributed by atoms with Crippen LogP contribution in [0.2, 0.25) is 0 Å². The molecule has 2 aliphatic heterocycles. The summed E-state index contributed by atoms with van der Waals surface area (Å²) in [5, 5.41) is 0. The lowest BCUT2D eigenvalue weighted by Gasteiger charge is -2.25. The summed E-state index contributed by atoms with van der Waals surface area (Å²) in [6, 6.07) is 10.7. The highest BCUT2D eigenvalue weighted by molar-refractivity contribution is 7.89. The molecule has 1 atom stereocenters. The van der Waals surface area contributed by atoms with Crippen molar-refractivity contribution >= 4 is 21.6 Å². The Morgan fingerprint density at radius 3 is 2.56 bits per heavy atom. The van der Waals surface area contributed by atoms with Crippen molar-refractivity contribution in [2.75, 3.05) is 18.0 Å². The van der Waals surface area contributed by atoms with Gasteiger partial charge < -0.3 is 4.90 Å². The van der Waals surface area contributed by atoms with Gasteiger partial charge in [0.25, 0.3) is 0 Å². The summed E-state index contributed by atoms with van der Waals surface area (Å²) in [5.74, 6) is -0.375. The van der Waals surface area contributed by atoms with Crippen LogP contribution in [0.15, 0.2) is 47.4 Å². The van der Waals surface area contributed by atoms with Crippen molar-refractivity contribution in [2.24, 2.45) is 0 Å². The van der Waals surface area contributed by atoms with Crippen molar-refractivity contribution in [2.45, 2.75) is 37.1 Å². The Labute approximate surface area is 158 Å². The number of carbonyl (C=O) groups is 1. The average molecular weight is 388 g/mol. The van der Waals surface area contributed by atoms with Gasteiger partial charge in [-0.1, -0.05) is 12.1 Å². The third-order valence-corrected chi connectivity index (χ3v) is 7.30. The Kier molecular flexibility index (Phi) is 4.52. The molecule has 1 amide bonds. The number of carbonyl (C=O) groups excluding carboxylic acids is 1. The first-order chi connectivity index (χ1) is 12.9. The zero-order valence-corrected chi connectivity index (χ0v) is 15.9. The van der Waals surface area contributed by atoms with E-state index in [0.717, 1.165) is 23.2 Å². The number of benzene rings is 2. The average Bonchev–Trinajstić information content (AvgIpc) is 3.29. The Balaban J connectivity index is 1.67. The number of amides is 1. The topological polar surface area (TPSA) is 57.7 Å². The van der Waals surface area contributed by atoms with E-state index >= 15 is 0 Å². The Morgan fingerprint density at radius 2 is 1.85 bits per heavy atom. The van der Waals surface area contributed by atoms with E-state index < -0.39 is 10.0 Å². The molecule has 142 valence electrons. The molecule has 0 bridgehead atoms. The van der Waals surface area contributed by atoms with E-state index in [4.69, 9.17) is 0 Å². The van der Waals surface area contributed by atoms with Gasteiger partial charge in [0, 0.05) is 25.7 Å². The molecule has 1 unspecified atom stereocenters. The predicted molar refractivity (Wildman–Crippen MR) is 100 cm³/mol. The fourth-order valence-electron chi connectivity index (χ4n) is 4.05. The minimum Gasteiger partial charge on any atom is -0.312 e. The van der Waals surface area contributed by atoms with Crippen molar-refractivity contribution in [3.8, 4) is 0 Å². The summed E-state index contributed by atoms with van der Waals surface area (Å²) in [6.45, 7) is 2.54. The summed E-state index contributed by atoms with van der Waals surface area (Å²) in [6.07, 6.45) is 2.14. The number of rotatable bonds is 3. The quantitative estimate of drug-likeness (QED) is 0.811. The van der Waals surface area contributed by atoms with Crippen molar-refractivity contribution in [3.05, 3.63) is 59.4 Å². The van der Waals surface area contributed by atoms with Gasteiger partial charge in [0.15, 0.2) is 0 Å². The molecule has 1 saturated heterocycles. The van der Waals surface area contributed by atoms with E-state index in [2.05, 4.69) is 0 Å². The van der Waals surface area contributed by atoms with Gasteiger partial charge in [-0.15, -0.1) is 0 Å². The van der Waals surface area contributed by atoms with Gasteiger partial charge in [0.05, 0.1) is 10.9 Å². The van der Waals surface area contributed by atoms with Crippen LogP contribution in [0.25, 0.3) is 0 Å². The molecule has 5 nitrogen and oxygen atoms in total. The molecule has 0 aromatic heterocycles. The van der Waals surface area contributed by atoms with Crippen LogP contribution in [-0.2, 0) is 21.2 Å². The molecule has 2 aromatic carbocycles. The van der Waals surface area contributed by atoms with Crippen molar-refractivity contribution < 1.29 is 17.6 Å². The van der Waals surface area contributed by atoms with Crippen molar-refractivity contribution in [1.29, 1.82) is 0 Å². The summed E-state index contributed by atoms with van der Waals surface area (Å²) >= 11 is 0. The maximum Gasteiger partial charge on any atom is 0.243 e. The zero-order chi connectivity index (χ0) is 19.2. The molecule has 2 heterocycles. The lowest BCUT2D eigenvalue weighted by molar-refractivity contribution is -0.116. The minimum absolute atomic E-state index is 0.0414. The molecule has 1 fully saturated rings. The number of nitrogens with zero attached hydrogens (tertiary/aromatic N) is 2. The first-order valence-electron chi connectivity index (χ1n) is 9.06. The molecule has 0 radical (unpaired) electrons. The van der Waals surface area contributed by atoms with Crippen LogP contribution < -0.4 is 4.90 Å². The van der Waals surface area contributed by atoms with Gasteiger partial charge in [-0.25, -0.2) is 12.8 Å². The molecule has 27 heavy (non-hydrogen) atoms. The zero-order valence-electron chi connectivity index (χ0n) is 15.1. The normalized spacial score (nSPS) is 20.1. The molecule has 7 heteroatoms. The van der Waals surface area contributed by atoms with E-state index in [9.17, 15) is 17.6 Å². The van der Waals surface area contributed by atoms with E-state index in [0.29, 0.717) is 25.9 Å². The summed E-state index contributed by atoms with van der Waals surface area (Å²) in [7, 11) is -3.67. The lowest BCUT2D eigenvalue weighted by Crippen LogP contribution is -2.30. The molecule has 2 aromatic rings.